The minimum atomic E-state index is -0.0769. The molecule has 3 aromatic heterocycles. The highest BCUT2D eigenvalue weighted by Crippen LogP contribution is 2.29. The molecule has 0 aliphatic heterocycles. The number of nitrogens with zero attached hydrogens (tertiary/aromatic N) is 3. The Morgan fingerprint density at radius 2 is 1.93 bits per heavy atom. The summed E-state index contributed by atoms with van der Waals surface area (Å²) in [7, 11) is 0. The molecule has 1 N–H and O–H groups in total. The molecule has 0 aliphatic carbocycles. The van der Waals surface area contributed by atoms with E-state index in [-0.39, 0.29) is 11.8 Å². The molecule has 1 atom stereocenters. The van der Waals surface area contributed by atoms with Crippen molar-refractivity contribution in [3.63, 3.8) is 0 Å². The van der Waals surface area contributed by atoms with Crippen molar-refractivity contribution in [3.8, 4) is 0 Å². The third kappa shape index (κ3) is 3.78. The smallest absolute Gasteiger partial charge is 0.221 e. The number of amides is 1. The molecule has 4 aromatic rings. The van der Waals surface area contributed by atoms with Crippen LogP contribution in [0.25, 0.3) is 5.65 Å². The van der Waals surface area contributed by atoms with Gasteiger partial charge in [0, 0.05) is 43.7 Å². The number of hydrogen-bond donors (Lipinski definition) is 1. The van der Waals surface area contributed by atoms with Crippen molar-refractivity contribution < 1.29 is 4.79 Å². The molecule has 5 heteroatoms. The van der Waals surface area contributed by atoms with Crippen molar-refractivity contribution in [1.82, 2.24) is 19.7 Å². The summed E-state index contributed by atoms with van der Waals surface area (Å²) in [5.74, 6) is -0.0767. The summed E-state index contributed by atoms with van der Waals surface area (Å²) in [4.78, 5) is 21.4. The quantitative estimate of drug-likeness (QED) is 0.560. The zero-order chi connectivity index (χ0) is 19.3. The maximum atomic E-state index is 12.7. The molecule has 0 bridgehead atoms. The molecule has 0 fully saturated rings. The van der Waals surface area contributed by atoms with Gasteiger partial charge in [-0.3, -0.25) is 9.78 Å². The molecule has 4 rings (SSSR count). The fourth-order valence-electron chi connectivity index (χ4n) is 3.47. The van der Waals surface area contributed by atoms with E-state index >= 15 is 0 Å². The second-order valence-corrected chi connectivity index (χ2v) is 6.87. The van der Waals surface area contributed by atoms with Gasteiger partial charge in [-0.25, -0.2) is 4.98 Å². The van der Waals surface area contributed by atoms with E-state index in [4.69, 9.17) is 0 Å². The van der Waals surface area contributed by atoms with Crippen LogP contribution in [0, 0.1) is 6.92 Å². The summed E-state index contributed by atoms with van der Waals surface area (Å²) < 4.78 is 2.08. The minimum Gasteiger partial charge on any atom is -0.352 e. The Balaban J connectivity index is 1.61. The molecule has 0 saturated heterocycles. The number of carbonyl (C=O) groups is 1. The molecule has 0 saturated carbocycles. The van der Waals surface area contributed by atoms with Gasteiger partial charge in [-0.15, -0.1) is 0 Å². The Kier molecular flexibility index (Phi) is 5.15. The van der Waals surface area contributed by atoms with E-state index in [9.17, 15) is 4.79 Å². The number of aromatic nitrogens is 3. The molecule has 0 aliphatic rings. The molecular weight excluding hydrogens is 348 g/mol. The first-order valence-corrected chi connectivity index (χ1v) is 9.35. The molecular formula is C23H22N4O. The van der Waals surface area contributed by atoms with Gasteiger partial charge in [-0.05, 0) is 35.7 Å². The van der Waals surface area contributed by atoms with E-state index in [2.05, 4.69) is 31.8 Å². The maximum Gasteiger partial charge on any atom is 0.221 e. The predicted octanol–water partition coefficient (Wildman–Crippen LogP) is 3.88. The average molecular weight is 370 g/mol. The van der Waals surface area contributed by atoms with Gasteiger partial charge in [-0.1, -0.05) is 42.5 Å². The van der Waals surface area contributed by atoms with Crippen LogP contribution < -0.4 is 5.32 Å². The molecule has 0 radical (unpaired) electrons. The monoisotopic (exact) mass is 370 g/mol. The minimum absolute atomic E-state index is 0.000286. The average Bonchev–Trinajstić information content (AvgIpc) is 3.17. The number of rotatable bonds is 6. The summed E-state index contributed by atoms with van der Waals surface area (Å²) in [6.45, 7) is 2.52. The number of nitrogens with one attached hydrogen (secondary N) is 1. The number of hydrogen-bond acceptors (Lipinski definition) is 3. The predicted molar refractivity (Wildman–Crippen MR) is 109 cm³/mol. The van der Waals surface area contributed by atoms with Crippen molar-refractivity contribution in [2.75, 3.05) is 0 Å². The summed E-state index contributed by atoms with van der Waals surface area (Å²) >= 11 is 0. The zero-order valence-corrected chi connectivity index (χ0v) is 15.7. The number of pyridine rings is 2. The van der Waals surface area contributed by atoms with Gasteiger partial charge < -0.3 is 9.72 Å². The maximum absolute atomic E-state index is 12.7. The standard InChI is InChI=1S/C23H22N4O/c1-17-7-6-12-27-21(16-26-23(17)27)20(19-9-3-2-4-10-19)13-22(28)25-15-18-8-5-11-24-14-18/h2-12,14,16,20H,13,15H2,1H3,(H,25,28). The van der Waals surface area contributed by atoms with Gasteiger partial charge in [-0.2, -0.15) is 0 Å². The lowest BCUT2D eigenvalue weighted by Crippen LogP contribution is -2.25. The Morgan fingerprint density at radius 1 is 1.07 bits per heavy atom. The zero-order valence-electron chi connectivity index (χ0n) is 15.7. The second kappa shape index (κ2) is 8.05. The van der Waals surface area contributed by atoms with Gasteiger partial charge in [0.2, 0.25) is 5.91 Å². The molecule has 3 heterocycles. The number of carbonyl (C=O) groups excluding carboxylic acids is 1. The van der Waals surface area contributed by atoms with Gasteiger partial charge in [0.1, 0.15) is 5.65 Å². The van der Waals surface area contributed by atoms with Gasteiger partial charge in [0.15, 0.2) is 0 Å². The van der Waals surface area contributed by atoms with Crippen LogP contribution in [0.5, 0.6) is 0 Å². The molecule has 0 spiro atoms. The largest absolute Gasteiger partial charge is 0.352 e. The Morgan fingerprint density at radius 3 is 2.71 bits per heavy atom. The van der Waals surface area contributed by atoms with Gasteiger partial charge in [0.25, 0.3) is 0 Å². The van der Waals surface area contributed by atoms with E-state index in [0.29, 0.717) is 13.0 Å². The van der Waals surface area contributed by atoms with Crippen LogP contribution in [-0.4, -0.2) is 20.3 Å². The number of imidazole rings is 1. The van der Waals surface area contributed by atoms with Crippen molar-refractivity contribution in [3.05, 3.63) is 102 Å². The molecule has 140 valence electrons. The van der Waals surface area contributed by atoms with Crippen LogP contribution in [0.2, 0.25) is 0 Å². The molecule has 28 heavy (non-hydrogen) atoms. The third-order valence-electron chi connectivity index (χ3n) is 4.92. The van der Waals surface area contributed by atoms with Gasteiger partial charge >= 0.3 is 0 Å². The van der Waals surface area contributed by atoms with Crippen molar-refractivity contribution in [2.24, 2.45) is 0 Å². The van der Waals surface area contributed by atoms with E-state index in [0.717, 1.165) is 28.0 Å². The highest BCUT2D eigenvalue weighted by atomic mass is 16.1. The van der Waals surface area contributed by atoms with Crippen LogP contribution in [0.3, 0.4) is 0 Å². The lowest BCUT2D eigenvalue weighted by molar-refractivity contribution is -0.121. The lowest BCUT2D eigenvalue weighted by atomic mass is 9.92. The highest BCUT2D eigenvalue weighted by molar-refractivity contribution is 5.77. The van der Waals surface area contributed by atoms with Gasteiger partial charge in [0.05, 0.1) is 5.69 Å². The van der Waals surface area contributed by atoms with Crippen LogP contribution in [-0.2, 0) is 11.3 Å². The van der Waals surface area contributed by atoms with Crippen LogP contribution in [0.1, 0.15) is 34.7 Å². The summed E-state index contributed by atoms with van der Waals surface area (Å²) in [5.41, 5.74) is 5.14. The fraction of sp³-hybridized carbons (Fsp3) is 0.174. The fourth-order valence-corrected chi connectivity index (χ4v) is 3.47. The number of benzene rings is 1. The van der Waals surface area contributed by atoms with Crippen LogP contribution in [0.15, 0.2) is 79.4 Å². The molecule has 1 unspecified atom stereocenters. The topological polar surface area (TPSA) is 59.3 Å². The van der Waals surface area contributed by atoms with E-state index < -0.39 is 0 Å². The molecule has 1 amide bonds. The van der Waals surface area contributed by atoms with Crippen molar-refractivity contribution >= 4 is 11.6 Å². The van der Waals surface area contributed by atoms with E-state index in [1.165, 1.54) is 0 Å². The van der Waals surface area contributed by atoms with Crippen LogP contribution >= 0.6 is 0 Å². The first-order valence-electron chi connectivity index (χ1n) is 9.35. The van der Waals surface area contributed by atoms with Crippen molar-refractivity contribution in [1.29, 1.82) is 0 Å². The number of aryl methyl sites for hydroxylation is 1. The Labute approximate surface area is 164 Å². The summed E-state index contributed by atoms with van der Waals surface area (Å²) in [6, 6.07) is 18.0. The Hall–Kier alpha value is -3.47. The van der Waals surface area contributed by atoms with E-state index in [1.54, 1.807) is 12.4 Å². The Bertz CT molecular complexity index is 1070. The highest BCUT2D eigenvalue weighted by Gasteiger charge is 2.22. The van der Waals surface area contributed by atoms with Crippen molar-refractivity contribution in [2.45, 2.75) is 25.8 Å². The first-order chi connectivity index (χ1) is 13.7. The third-order valence-corrected chi connectivity index (χ3v) is 4.92. The molecule has 1 aromatic carbocycles. The van der Waals surface area contributed by atoms with E-state index in [1.807, 2.05) is 61.8 Å². The summed E-state index contributed by atoms with van der Waals surface area (Å²) in [6.07, 6.45) is 7.74. The SMILES string of the molecule is Cc1cccn2c(C(CC(=O)NCc3cccnc3)c3ccccc3)cnc12. The second-order valence-electron chi connectivity index (χ2n) is 6.87. The van der Waals surface area contributed by atoms with Crippen LogP contribution in [0.4, 0.5) is 0 Å². The summed E-state index contributed by atoms with van der Waals surface area (Å²) in [5, 5.41) is 3.01. The number of fused-ring (bicyclic) bond motifs is 1. The first kappa shape index (κ1) is 17.9. The molecule has 5 nitrogen and oxygen atoms in total. The lowest BCUT2D eigenvalue weighted by Gasteiger charge is -2.17. The normalized spacial score (nSPS) is 12.0.